The molecule has 42 heavy (non-hydrogen) atoms. The van der Waals surface area contributed by atoms with Crippen molar-refractivity contribution in [3.63, 3.8) is 0 Å². The maximum absolute atomic E-state index is 13.9. The Hall–Kier alpha value is -4.05. The number of aromatic nitrogens is 1. The summed E-state index contributed by atoms with van der Waals surface area (Å²) in [7, 11) is 0. The molecule has 0 fully saturated rings. The van der Waals surface area contributed by atoms with Crippen LogP contribution in [0.4, 0.5) is 0 Å². The Balaban J connectivity index is 1.34. The zero-order valence-electron chi connectivity index (χ0n) is 22.6. The van der Waals surface area contributed by atoms with Crippen LogP contribution in [0.3, 0.4) is 0 Å². The molecule has 0 aliphatic carbocycles. The Morgan fingerprint density at radius 2 is 1.88 bits per heavy atom. The monoisotopic (exact) mass is 622 g/mol. The zero-order valence-corrected chi connectivity index (χ0v) is 24.9. The molecular formula is C31H24Cl2N2O6S. The van der Waals surface area contributed by atoms with Crippen LogP contribution < -0.4 is 29.1 Å². The lowest BCUT2D eigenvalue weighted by atomic mass is 9.95. The molecule has 0 radical (unpaired) electrons. The van der Waals surface area contributed by atoms with Crippen LogP contribution in [0.5, 0.6) is 17.2 Å². The quantitative estimate of drug-likeness (QED) is 0.256. The SMILES string of the molecule is CCOC(=O)C1=C(C)N=c2s/c(=C\c3ccc(OCc4ccc(Cl)cc4Cl)cc3)c(=O)n2C1c1ccc2c(c1)OCO2. The Kier molecular flexibility index (Phi) is 7.81. The number of nitrogens with zero attached hydrogens (tertiary/aromatic N) is 2. The van der Waals surface area contributed by atoms with Crippen molar-refractivity contribution in [2.24, 2.45) is 4.99 Å². The minimum Gasteiger partial charge on any atom is -0.489 e. The van der Waals surface area contributed by atoms with Crippen molar-refractivity contribution in [3.05, 3.63) is 118 Å². The lowest BCUT2D eigenvalue weighted by molar-refractivity contribution is -0.139. The highest BCUT2D eigenvalue weighted by molar-refractivity contribution is 7.07. The van der Waals surface area contributed by atoms with Crippen molar-refractivity contribution in [1.82, 2.24) is 4.57 Å². The summed E-state index contributed by atoms with van der Waals surface area (Å²) < 4.78 is 24.3. The molecule has 4 aromatic rings. The normalized spacial score (nSPS) is 15.8. The minimum absolute atomic E-state index is 0.111. The van der Waals surface area contributed by atoms with Gasteiger partial charge in [-0.25, -0.2) is 9.79 Å². The summed E-state index contributed by atoms with van der Waals surface area (Å²) in [6.45, 7) is 4.08. The highest BCUT2D eigenvalue weighted by Crippen LogP contribution is 2.38. The van der Waals surface area contributed by atoms with Gasteiger partial charge in [0.15, 0.2) is 16.3 Å². The Morgan fingerprint density at radius 3 is 2.64 bits per heavy atom. The van der Waals surface area contributed by atoms with Crippen molar-refractivity contribution in [2.45, 2.75) is 26.5 Å². The first-order valence-corrected chi connectivity index (χ1v) is 14.7. The van der Waals surface area contributed by atoms with Crippen LogP contribution in [0, 0.1) is 0 Å². The highest BCUT2D eigenvalue weighted by atomic mass is 35.5. The number of carbonyl (C=O) groups is 1. The van der Waals surface area contributed by atoms with E-state index < -0.39 is 12.0 Å². The van der Waals surface area contributed by atoms with Gasteiger partial charge in [0.1, 0.15) is 12.4 Å². The fraction of sp³-hybridized carbons (Fsp3) is 0.194. The summed E-state index contributed by atoms with van der Waals surface area (Å²) in [5.74, 6) is 1.28. The number of carbonyl (C=O) groups excluding carboxylic acids is 1. The van der Waals surface area contributed by atoms with E-state index in [0.717, 1.165) is 11.1 Å². The number of ether oxygens (including phenoxy) is 4. The van der Waals surface area contributed by atoms with E-state index in [2.05, 4.69) is 4.99 Å². The number of benzene rings is 3. The van der Waals surface area contributed by atoms with Crippen LogP contribution in [0.2, 0.25) is 10.0 Å². The molecule has 0 bridgehead atoms. The molecule has 3 heterocycles. The van der Waals surface area contributed by atoms with Gasteiger partial charge in [0.25, 0.3) is 5.56 Å². The van der Waals surface area contributed by atoms with Crippen molar-refractivity contribution in [1.29, 1.82) is 0 Å². The van der Waals surface area contributed by atoms with E-state index in [4.69, 9.17) is 42.1 Å². The van der Waals surface area contributed by atoms with E-state index in [0.29, 0.717) is 53.5 Å². The van der Waals surface area contributed by atoms with Gasteiger partial charge >= 0.3 is 5.97 Å². The summed E-state index contributed by atoms with van der Waals surface area (Å²) in [6.07, 6.45) is 1.80. The van der Waals surface area contributed by atoms with Gasteiger partial charge in [-0.1, -0.05) is 58.8 Å². The molecule has 11 heteroatoms. The Morgan fingerprint density at radius 1 is 1.10 bits per heavy atom. The average Bonchev–Trinajstić information content (AvgIpc) is 3.56. The fourth-order valence-electron chi connectivity index (χ4n) is 4.80. The van der Waals surface area contributed by atoms with E-state index in [9.17, 15) is 9.59 Å². The first-order valence-electron chi connectivity index (χ1n) is 13.1. The molecule has 1 aromatic heterocycles. The first-order chi connectivity index (χ1) is 20.3. The number of esters is 1. The smallest absolute Gasteiger partial charge is 0.338 e. The summed E-state index contributed by atoms with van der Waals surface area (Å²) in [4.78, 5) is 32.1. The van der Waals surface area contributed by atoms with Gasteiger partial charge in [-0.05, 0) is 67.4 Å². The zero-order chi connectivity index (χ0) is 29.4. The van der Waals surface area contributed by atoms with Gasteiger partial charge in [0.05, 0.1) is 28.5 Å². The third-order valence-corrected chi connectivity index (χ3v) is 8.39. The first kappa shape index (κ1) is 28.1. The van der Waals surface area contributed by atoms with Crippen LogP contribution in [0.15, 0.2) is 81.7 Å². The van der Waals surface area contributed by atoms with E-state index in [1.165, 1.54) is 11.3 Å². The number of halogens is 2. The molecule has 214 valence electrons. The maximum atomic E-state index is 13.9. The predicted molar refractivity (Wildman–Crippen MR) is 160 cm³/mol. The number of rotatable bonds is 7. The molecule has 3 aromatic carbocycles. The van der Waals surface area contributed by atoms with Crippen LogP contribution in [0.1, 0.15) is 36.6 Å². The van der Waals surface area contributed by atoms with Crippen LogP contribution >= 0.6 is 34.5 Å². The lowest BCUT2D eigenvalue weighted by Gasteiger charge is -2.24. The predicted octanol–water partition coefficient (Wildman–Crippen LogP) is 5.41. The molecule has 1 atom stereocenters. The largest absolute Gasteiger partial charge is 0.489 e. The fourth-order valence-corrected chi connectivity index (χ4v) is 6.31. The van der Waals surface area contributed by atoms with Gasteiger partial charge in [-0.2, -0.15) is 0 Å². The molecule has 6 rings (SSSR count). The number of hydrogen-bond donors (Lipinski definition) is 0. The third kappa shape index (κ3) is 5.43. The molecule has 8 nitrogen and oxygen atoms in total. The molecule has 0 saturated heterocycles. The van der Waals surface area contributed by atoms with Gasteiger partial charge in [-0.3, -0.25) is 9.36 Å². The van der Waals surface area contributed by atoms with E-state index in [1.54, 1.807) is 48.8 Å². The maximum Gasteiger partial charge on any atom is 0.338 e. The second-order valence-corrected chi connectivity index (χ2v) is 11.4. The summed E-state index contributed by atoms with van der Waals surface area (Å²) in [5.41, 5.74) is 2.84. The molecule has 2 aliphatic heterocycles. The lowest BCUT2D eigenvalue weighted by Crippen LogP contribution is -2.39. The van der Waals surface area contributed by atoms with Gasteiger partial charge in [0, 0.05) is 15.6 Å². The van der Waals surface area contributed by atoms with E-state index >= 15 is 0 Å². The topological polar surface area (TPSA) is 88.4 Å². The van der Waals surface area contributed by atoms with Crippen LogP contribution in [0.25, 0.3) is 6.08 Å². The highest BCUT2D eigenvalue weighted by Gasteiger charge is 2.34. The average molecular weight is 624 g/mol. The molecular weight excluding hydrogens is 599 g/mol. The number of allylic oxidation sites excluding steroid dienone is 1. The number of hydrogen-bond acceptors (Lipinski definition) is 8. The second kappa shape index (κ2) is 11.7. The van der Waals surface area contributed by atoms with Crippen LogP contribution in [-0.2, 0) is 16.1 Å². The summed E-state index contributed by atoms with van der Waals surface area (Å²) >= 11 is 13.5. The van der Waals surface area contributed by atoms with Crippen molar-refractivity contribution >= 4 is 46.6 Å². The minimum atomic E-state index is -0.743. The second-order valence-electron chi connectivity index (χ2n) is 9.51. The van der Waals surface area contributed by atoms with E-state index in [-0.39, 0.29) is 25.6 Å². The Bertz CT molecular complexity index is 1910. The molecule has 2 aliphatic rings. The van der Waals surface area contributed by atoms with Crippen LogP contribution in [-0.4, -0.2) is 23.9 Å². The summed E-state index contributed by atoms with van der Waals surface area (Å²) in [6, 6.07) is 17.3. The van der Waals surface area contributed by atoms with Gasteiger partial charge < -0.3 is 18.9 Å². The van der Waals surface area contributed by atoms with E-state index in [1.807, 2.05) is 36.4 Å². The molecule has 0 spiro atoms. The molecule has 0 saturated carbocycles. The molecule has 0 amide bonds. The molecule has 0 N–H and O–H groups in total. The standard InChI is InChI=1S/C31H24Cl2N2O6S/c1-3-38-30(37)27-17(2)34-31-35(28(27)19-7-11-24-25(13-19)41-16-40-24)29(36)26(42-31)12-18-4-9-22(10-5-18)39-15-20-6-8-21(32)14-23(20)33/h4-14,28H,3,15-16H2,1-2H3/b26-12-. The number of thiazole rings is 1. The van der Waals surface area contributed by atoms with Crippen molar-refractivity contribution < 1.29 is 23.7 Å². The number of fused-ring (bicyclic) bond motifs is 2. The Labute approximate surface area is 254 Å². The third-order valence-electron chi connectivity index (χ3n) is 6.82. The molecule has 1 unspecified atom stereocenters. The van der Waals surface area contributed by atoms with Gasteiger partial charge in [-0.15, -0.1) is 0 Å². The summed E-state index contributed by atoms with van der Waals surface area (Å²) in [5, 5.41) is 1.10. The van der Waals surface area contributed by atoms with Crippen molar-refractivity contribution in [3.8, 4) is 17.2 Å². The van der Waals surface area contributed by atoms with Crippen molar-refractivity contribution in [2.75, 3.05) is 13.4 Å². The van der Waals surface area contributed by atoms with Gasteiger partial charge in [0.2, 0.25) is 6.79 Å².